The Bertz CT molecular complexity index is 768. The van der Waals surface area contributed by atoms with E-state index in [0.717, 1.165) is 48.3 Å². The highest BCUT2D eigenvalue weighted by molar-refractivity contribution is 6.22. The summed E-state index contributed by atoms with van der Waals surface area (Å²) in [5.74, 6) is 1.51. The summed E-state index contributed by atoms with van der Waals surface area (Å²) in [6.45, 7) is 5.63. The summed E-state index contributed by atoms with van der Waals surface area (Å²) in [7, 11) is 0. The molecule has 0 radical (unpaired) electrons. The topological polar surface area (TPSA) is 56.5 Å². The minimum atomic E-state index is -0.514. The maximum absolute atomic E-state index is 12.4. The monoisotopic (exact) mass is 312 g/mol. The molecule has 1 aliphatic heterocycles. The van der Waals surface area contributed by atoms with Crippen LogP contribution in [-0.2, 0) is 14.3 Å². The minimum absolute atomic E-state index is 0.452. The highest BCUT2D eigenvalue weighted by Crippen LogP contribution is 2.52. The van der Waals surface area contributed by atoms with Crippen LogP contribution in [0.25, 0.3) is 5.57 Å². The Morgan fingerprint density at radius 3 is 2.04 bits per heavy atom. The van der Waals surface area contributed by atoms with E-state index in [1.165, 1.54) is 5.57 Å². The van der Waals surface area contributed by atoms with E-state index in [1.807, 2.05) is 26.8 Å². The van der Waals surface area contributed by atoms with Crippen molar-refractivity contribution in [1.29, 1.82) is 0 Å². The number of cyclic esters (lactones) is 2. The molecule has 0 amide bonds. The number of ether oxygens (including phenoxy) is 1. The first kappa shape index (κ1) is 14.5. The summed E-state index contributed by atoms with van der Waals surface area (Å²) in [5.41, 5.74) is 3.84. The molecule has 0 atom stereocenters. The fraction of sp³-hybridized carbons (Fsp3) is 0.474. The molecule has 2 heterocycles. The maximum atomic E-state index is 12.4. The van der Waals surface area contributed by atoms with Gasteiger partial charge in [0.15, 0.2) is 0 Å². The van der Waals surface area contributed by atoms with Gasteiger partial charge in [-0.25, -0.2) is 9.59 Å². The van der Waals surface area contributed by atoms with Gasteiger partial charge >= 0.3 is 11.9 Å². The zero-order valence-electron chi connectivity index (χ0n) is 13.7. The molecule has 1 saturated heterocycles. The van der Waals surface area contributed by atoms with Crippen molar-refractivity contribution in [3.8, 4) is 0 Å². The van der Waals surface area contributed by atoms with Crippen molar-refractivity contribution in [3.63, 3.8) is 0 Å². The Balaban J connectivity index is 1.92. The van der Waals surface area contributed by atoms with Gasteiger partial charge in [0.1, 0.15) is 11.5 Å². The summed E-state index contributed by atoms with van der Waals surface area (Å²) >= 11 is 0. The maximum Gasteiger partial charge on any atom is 0.347 e. The van der Waals surface area contributed by atoms with Gasteiger partial charge in [0, 0.05) is 5.56 Å². The van der Waals surface area contributed by atoms with E-state index in [1.54, 1.807) is 0 Å². The molecule has 4 nitrogen and oxygen atoms in total. The molecule has 120 valence electrons. The number of aryl methyl sites for hydroxylation is 2. The van der Waals surface area contributed by atoms with Crippen molar-refractivity contribution in [3.05, 3.63) is 39.9 Å². The number of carbonyl (C=O) groups is 2. The van der Waals surface area contributed by atoms with E-state index < -0.39 is 11.9 Å². The molecule has 0 aromatic carbocycles. The zero-order valence-corrected chi connectivity index (χ0v) is 13.7. The Morgan fingerprint density at radius 2 is 1.57 bits per heavy atom. The van der Waals surface area contributed by atoms with Crippen LogP contribution in [0.3, 0.4) is 0 Å². The molecular weight excluding hydrogens is 292 g/mol. The lowest BCUT2D eigenvalue weighted by atomic mass is 9.90. The molecule has 4 rings (SSSR count). The van der Waals surface area contributed by atoms with Gasteiger partial charge in [-0.1, -0.05) is 0 Å². The normalized spacial score (nSPS) is 23.3. The molecule has 2 saturated carbocycles. The lowest BCUT2D eigenvalue weighted by Gasteiger charge is -2.09. The molecule has 4 heteroatoms. The molecule has 3 aliphatic rings. The van der Waals surface area contributed by atoms with E-state index in [4.69, 9.17) is 9.15 Å². The highest BCUT2D eigenvalue weighted by atomic mass is 16.6. The first-order valence-corrected chi connectivity index (χ1v) is 8.26. The molecule has 1 aromatic rings. The predicted molar refractivity (Wildman–Crippen MR) is 84.3 cm³/mol. The van der Waals surface area contributed by atoms with Gasteiger partial charge in [-0.2, -0.15) is 0 Å². The molecule has 0 N–H and O–H groups in total. The lowest BCUT2D eigenvalue weighted by molar-refractivity contribution is -0.149. The molecule has 0 unspecified atom stereocenters. The smallest absolute Gasteiger partial charge is 0.347 e. The van der Waals surface area contributed by atoms with Crippen molar-refractivity contribution in [2.24, 2.45) is 11.8 Å². The van der Waals surface area contributed by atoms with Crippen molar-refractivity contribution in [2.45, 2.75) is 46.5 Å². The molecule has 3 fully saturated rings. The van der Waals surface area contributed by atoms with Crippen molar-refractivity contribution in [2.75, 3.05) is 0 Å². The Hall–Kier alpha value is -2.10. The standard InChI is InChI=1S/C19H20O4/c1-9-8-14(11(3)22-9)10(2)15-17(19(21)23-18(15)20)16(12-4-5-12)13-6-7-13/h8,12-13H,4-7H2,1-3H3/b15-10-. The highest BCUT2D eigenvalue weighted by Gasteiger charge is 2.46. The van der Waals surface area contributed by atoms with Gasteiger partial charge < -0.3 is 9.15 Å². The number of allylic oxidation sites excluding steroid dienone is 2. The molecular formula is C19H20O4. The Labute approximate surface area is 135 Å². The summed E-state index contributed by atoms with van der Waals surface area (Å²) in [4.78, 5) is 24.7. The zero-order chi connectivity index (χ0) is 16.3. The lowest BCUT2D eigenvalue weighted by Crippen LogP contribution is -2.05. The number of carbonyl (C=O) groups excluding carboxylic acids is 2. The summed E-state index contributed by atoms with van der Waals surface area (Å²) < 4.78 is 10.6. The third-order valence-electron chi connectivity index (χ3n) is 4.99. The second kappa shape index (κ2) is 4.95. The fourth-order valence-corrected chi connectivity index (χ4v) is 3.66. The van der Waals surface area contributed by atoms with Gasteiger partial charge in [-0.05, 0) is 75.5 Å². The van der Waals surface area contributed by atoms with E-state index in [0.29, 0.717) is 23.0 Å². The van der Waals surface area contributed by atoms with Crippen molar-refractivity contribution in [1.82, 2.24) is 0 Å². The minimum Gasteiger partial charge on any atom is -0.466 e. The van der Waals surface area contributed by atoms with Crippen LogP contribution in [0.2, 0.25) is 0 Å². The quantitative estimate of drug-likeness (QED) is 0.483. The van der Waals surface area contributed by atoms with Gasteiger partial charge in [0.05, 0.1) is 11.1 Å². The largest absolute Gasteiger partial charge is 0.466 e. The van der Waals surface area contributed by atoms with E-state index >= 15 is 0 Å². The van der Waals surface area contributed by atoms with Gasteiger partial charge in [-0.3, -0.25) is 0 Å². The van der Waals surface area contributed by atoms with Crippen LogP contribution in [0, 0.1) is 25.7 Å². The number of furan rings is 1. The third-order valence-corrected chi connectivity index (χ3v) is 4.99. The van der Waals surface area contributed by atoms with Crippen LogP contribution in [0.1, 0.15) is 49.7 Å². The first-order chi connectivity index (χ1) is 11.0. The van der Waals surface area contributed by atoms with Crippen LogP contribution in [0.5, 0.6) is 0 Å². The average Bonchev–Trinajstić information content (AvgIpc) is 3.38. The molecule has 0 spiro atoms. The Morgan fingerprint density at radius 1 is 1.00 bits per heavy atom. The van der Waals surface area contributed by atoms with Gasteiger partial charge in [0.25, 0.3) is 0 Å². The average molecular weight is 312 g/mol. The number of hydrogen-bond acceptors (Lipinski definition) is 4. The van der Waals surface area contributed by atoms with Crippen molar-refractivity contribution >= 4 is 17.5 Å². The summed E-state index contributed by atoms with van der Waals surface area (Å²) in [5, 5.41) is 0. The number of esters is 2. The van der Waals surface area contributed by atoms with Crippen LogP contribution < -0.4 is 0 Å². The number of hydrogen-bond donors (Lipinski definition) is 0. The third kappa shape index (κ3) is 2.37. The van der Waals surface area contributed by atoms with Gasteiger partial charge in [-0.15, -0.1) is 0 Å². The molecule has 23 heavy (non-hydrogen) atoms. The number of rotatable bonds is 3. The first-order valence-electron chi connectivity index (χ1n) is 8.26. The summed E-state index contributed by atoms with van der Waals surface area (Å²) in [6.07, 6.45) is 4.47. The van der Waals surface area contributed by atoms with Crippen molar-refractivity contribution < 1.29 is 18.7 Å². The second-order valence-electron chi connectivity index (χ2n) is 6.88. The fourth-order valence-electron chi connectivity index (χ4n) is 3.66. The SMILES string of the molecule is C/C(=C1/C(=O)OC(=O)C1=C(C1CC1)C1CC1)c1cc(C)oc1C. The predicted octanol–water partition coefficient (Wildman–Crippen LogP) is 3.87. The van der Waals surface area contributed by atoms with Crippen LogP contribution in [0.15, 0.2) is 27.2 Å². The van der Waals surface area contributed by atoms with Crippen LogP contribution in [-0.4, -0.2) is 11.9 Å². The molecule has 1 aromatic heterocycles. The van der Waals surface area contributed by atoms with Crippen LogP contribution >= 0.6 is 0 Å². The second-order valence-corrected chi connectivity index (χ2v) is 6.88. The summed E-state index contributed by atoms with van der Waals surface area (Å²) in [6, 6.07) is 1.92. The Kier molecular flexibility index (Phi) is 3.12. The van der Waals surface area contributed by atoms with E-state index in [-0.39, 0.29) is 0 Å². The molecule has 0 bridgehead atoms. The van der Waals surface area contributed by atoms with Crippen LogP contribution in [0.4, 0.5) is 0 Å². The van der Waals surface area contributed by atoms with E-state index in [2.05, 4.69) is 0 Å². The van der Waals surface area contributed by atoms with E-state index in [9.17, 15) is 9.59 Å². The van der Waals surface area contributed by atoms with Gasteiger partial charge in [0.2, 0.25) is 0 Å². The molecule has 2 aliphatic carbocycles.